The number of sulfonamides is 1. The number of aromatic nitrogens is 1. The lowest BCUT2D eigenvalue weighted by molar-refractivity contribution is 0.102. The van der Waals surface area contributed by atoms with Gasteiger partial charge in [-0.15, -0.1) is 0 Å². The van der Waals surface area contributed by atoms with Gasteiger partial charge in [-0.2, -0.15) is 0 Å². The number of carbonyl (C=O) groups is 1. The van der Waals surface area contributed by atoms with Crippen LogP contribution in [-0.4, -0.2) is 25.4 Å². The van der Waals surface area contributed by atoms with Gasteiger partial charge in [0.15, 0.2) is 0 Å². The lowest BCUT2D eigenvalue weighted by atomic mass is 10.2. The minimum absolute atomic E-state index is 0.0552. The molecule has 1 aromatic carbocycles. The highest BCUT2D eigenvalue weighted by molar-refractivity contribution is 7.89. The zero-order chi connectivity index (χ0) is 15.6. The van der Waals surface area contributed by atoms with Gasteiger partial charge in [0, 0.05) is 29.7 Å². The third-order valence-corrected chi connectivity index (χ3v) is 4.80. The molecule has 0 radical (unpaired) electrons. The van der Waals surface area contributed by atoms with E-state index in [-0.39, 0.29) is 16.8 Å². The second kappa shape index (κ2) is 5.86. The van der Waals surface area contributed by atoms with Gasteiger partial charge in [-0.3, -0.25) is 9.78 Å². The van der Waals surface area contributed by atoms with Crippen LogP contribution in [-0.2, 0) is 10.0 Å². The van der Waals surface area contributed by atoms with Gasteiger partial charge in [-0.1, -0.05) is 0 Å². The van der Waals surface area contributed by atoms with E-state index in [1.54, 1.807) is 24.5 Å². The number of nitrogens with one attached hydrogen (secondary N) is 2. The molecule has 3 rings (SSSR count). The Morgan fingerprint density at radius 2 is 1.68 bits per heavy atom. The number of nitrogens with zero attached hydrogens (tertiary/aromatic N) is 1. The molecule has 0 unspecified atom stereocenters. The van der Waals surface area contributed by atoms with E-state index in [1.807, 2.05) is 0 Å². The Hall–Kier alpha value is -2.25. The summed E-state index contributed by atoms with van der Waals surface area (Å²) in [6.07, 6.45) is 4.92. The van der Waals surface area contributed by atoms with Crippen LogP contribution >= 0.6 is 0 Å². The number of benzene rings is 1. The minimum atomic E-state index is -3.49. The molecule has 1 aromatic heterocycles. The van der Waals surface area contributed by atoms with Crippen LogP contribution in [0.2, 0.25) is 0 Å². The largest absolute Gasteiger partial charge is 0.322 e. The zero-order valence-electron chi connectivity index (χ0n) is 11.7. The normalized spacial score (nSPS) is 14.5. The summed E-state index contributed by atoms with van der Waals surface area (Å²) >= 11 is 0. The minimum Gasteiger partial charge on any atom is -0.322 e. The van der Waals surface area contributed by atoms with E-state index < -0.39 is 10.0 Å². The fourth-order valence-electron chi connectivity index (χ4n) is 1.91. The average molecular weight is 317 g/mol. The van der Waals surface area contributed by atoms with E-state index >= 15 is 0 Å². The molecule has 1 saturated carbocycles. The summed E-state index contributed by atoms with van der Waals surface area (Å²) < 4.78 is 26.7. The zero-order valence-corrected chi connectivity index (χ0v) is 12.5. The third-order valence-electron chi connectivity index (χ3n) is 3.26. The van der Waals surface area contributed by atoms with E-state index in [0.717, 1.165) is 12.8 Å². The quantitative estimate of drug-likeness (QED) is 0.880. The molecule has 2 aromatic rings. The predicted octanol–water partition coefficient (Wildman–Crippen LogP) is 1.77. The average Bonchev–Trinajstić information content (AvgIpc) is 3.32. The number of hydrogen-bond acceptors (Lipinski definition) is 4. The molecule has 1 aliphatic carbocycles. The topological polar surface area (TPSA) is 88.2 Å². The maximum Gasteiger partial charge on any atom is 0.255 e. The van der Waals surface area contributed by atoms with Gasteiger partial charge in [0.05, 0.1) is 4.90 Å². The van der Waals surface area contributed by atoms with Crippen molar-refractivity contribution in [2.75, 3.05) is 5.32 Å². The number of hydrogen-bond donors (Lipinski definition) is 2. The van der Waals surface area contributed by atoms with Crippen molar-refractivity contribution in [1.82, 2.24) is 9.71 Å². The summed E-state index contributed by atoms with van der Waals surface area (Å²) in [7, 11) is -3.49. The Labute approximate surface area is 128 Å². The van der Waals surface area contributed by atoms with Crippen LogP contribution in [0.25, 0.3) is 0 Å². The number of amides is 1. The van der Waals surface area contributed by atoms with Gasteiger partial charge in [0.2, 0.25) is 10.0 Å². The van der Waals surface area contributed by atoms with Crippen molar-refractivity contribution in [2.45, 2.75) is 23.8 Å². The van der Waals surface area contributed by atoms with Crippen molar-refractivity contribution in [2.24, 2.45) is 0 Å². The Balaban J connectivity index is 1.72. The standard InChI is InChI=1S/C15H15N3O3S/c19-15(17-12-7-9-16-10-8-12)11-1-5-14(6-2-11)22(20,21)18-13-3-4-13/h1-2,5-10,13,18H,3-4H2,(H,16,17,19). The van der Waals surface area contributed by atoms with Crippen LogP contribution in [0.15, 0.2) is 53.7 Å². The first-order valence-corrected chi connectivity index (χ1v) is 8.37. The molecule has 0 spiro atoms. The van der Waals surface area contributed by atoms with E-state index in [1.165, 1.54) is 24.3 Å². The fraction of sp³-hybridized carbons (Fsp3) is 0.200. The van der Waals surface area contributed by atoms with Gasteiger partial charge in [-0.05, 0) is 49.2 Å². The molecule has 22 heavy (non-hydrogen) atoms. The maximum atomic E-state index is 12.1. The van der Waals surface area contributed by atoms with Crippen molar-refractivity contribution in [3.63, 3.8) is 0 Å². The highest BCUT2D eigenvalue weighted by Gasteiger charge is 2.27. The van der Waals surface area contributed by atoms with E-state index in [0.29, 0.717) is 11.3 Å². The number of anilines is 1. The molecule has 0 bridgehead atoms. The molecule has 2 N–H and O–H groups in total. The van der Waals surface area contributed by atoms with Crippen molar-refractivity contribution < 1.29 is 13.2 Å². The smallest absolute Gasteiger partial charge is 0.255 e. The lowest BCUT2D eigenvalue weighted by Gasteiger charge is -2.07. The summed E-state index contributed by atoms with van der Waals surface area (Å²) in [5.74, 6) is -0.301. The van der Waals surface area contributed by atoms with Gasteiger partial charge >= 0.3 is 0 Å². The predicted molar refractivity (Wildman–Crippen MR) is 82.0 cm³/mol. The van der Waals surface area contributed by atoms with Crippen molar-refractivity contribution in [3.8, 4) is 0 Å². The van der Waals surface area contributed by atoms with Crippen LogP contribution in [0, 0.1) is 0 Å². The molecule has 1 amide bonds. The third kappa shape index (κ3) is 3.49. The fourth-order valence-corrected chi connectivity index (χ4v) is 3.22. The second-order valence-electron chi connectivity index (χ2n) is 5.11. The van der Waals surface area contributed by atoms with E-state index in [4.69, 9.17) is 0 Å². The van der Waals surface area contributed by atoms with E-state index in [2.05, 4.69) is 15.0 Å². The molecule has 1 aliphatic rings. The number of rotatable bonds is 5. The molecule has 114 valence electrons. The Morgan fingerprint density at radius 1 is 1.05 bits per heavy atom. The molecule has 0 atom stereocenters. The van der Waals surface area contributed by atoms with Crippen LogP contribution in [0.3, 0.4) is 0 Å². The summed E-state index contributed by atoms with van der Waals surface area (Å²) in [6, 6.07) is 9.28. The number of carbonyl (C=O) groups excluding carboxylic acids is 1. The van der Waals surface area contributed by atoms with Gasteiger partial charge in [-0.25, -0.2) is 13.1 Å². The summed E-state index contributed by atoms with van der Waals surface area (Å²) in [4.78, 5) is 16.1. The summed E-state index contributed by atoms with van der Waals surface area (Å²) in [5.41, 5.74) is 1.02. The monoisotopic (exact) mass is 317 g/mol. The van der Waals surface area contributed by atoms with Crippen molar-refractivity contribution in [3.05, 3.63) is 54.4 Å². The molecular formula is C15H15N3O3S. The van der Waals surface area contributed by atoms with Gasteiger partial charge in [0.25, 0.3) is 5.91 Å². The Bertz CT molecular complexity index is 769. The molecule has 1 fully saturated rings. The van der Waals surface area contributed by atoms with Crippen LogP contribution in [0.4, 0.5) is 5.69 Å². The molecular weight excluding hydrogens is 302 g/mol. The Morgan fingerprint density at radius 3 is 2.27 bits per heavy atom. The first kappa shape index (κ1) is 14.7. The Kier molecular flexibility index (Phi) is 3.91. The summed E-state index contributed by atoms with van der Waals surface area (Å²) in [6.45, 7) is 0. The van der Waals surface area contributed by atoms with Crippen LogP contribution in [0.1, 0.15) is 23.2 Å². The molecule has 0 saturated heterocycles. The molecule has 1 heterocycles. The van der Waals surface area contributed by atoms with Crippen molar-refractivity contribution >= 4 is 21.6 Å². The molecule has 6 nitrogen and oxygen atoms in total. The number of pyridine rings is 1. The molecule has 7 heteroatoms. The summed E-state index contributed by atoms with van der Waals surface area (Å²) in [5, 5.41) is 2.71. The first-order valence-electron chi connectivity index (χ1n) is 6.88. The highest BCUT2D eigenvalue weighted by atomic mass is 32.2. The lowest BCUT2D eigenvalue weighted by Crippen LogP contribution is -2.25. The molecule has 0 aliphatic heterocycles. The van der Waals surface area contributed by atoms with E-state index in [9.17, 15) is 13.2 Å². The second-order valence-corrected chi connectivity index (χ2v) is 6.82. The van der Waals surface area contributed by atoms with Crippen LogP contribution in [0.5, 0.6) is 0 Å². The van der Waals surface area contributed by atoms with Crippen molar-refractivity contribution in [1.29, 1.82) is 0 Å². The first-order chi connectivity index (χ1) is 10.5. The highest BCUT2D eigenvalue weighted by Crippen LogP contribution is 2.22. The van der Waals surface area contributed by atoms with Gasteiger partial charge in [0.1, 0.15) is 0 Å². The van der Waals surface area contributed by atoms with Crippen LogP contribution < -0.4 is 10.0 Å². The van der Waals surface area contributed by atoms with Gasteiger partial charge < -0.3 is 5.32 Å². The maximum absolute atomic E-state index is 12.1. The SMILES string of the molecule is O=C(Nc1ccncc1)c1ccc(S(=O)(=O)NC2CC2)cc1.